The van der Waals surface area contributed by atoms with Gasteiger partial charge in [-0.3, -0.25) is 9.59 Å². The van der Waals surface area contributed by atoms with E-state index in [1.165, 1.54) is 0 Å². The SMILES string of the molecule is CC(C)NC(=O)c1nnc2n1CC1(CCN(C(=O)C3CCOC3)C1)OC2. The molecule has 2 amide bonds. The number of nitrogens with zero attached hydrogens (tertiary/aromatic N) is 4. The second kappa shape index (κ2) is 6.62. The normalized spacial score (nSPS) is 28.0. The molecular formula is C17H25N5O4. The molecule has 1 aromatic heterocycles. The fourth-order valence-corrected chi connectivity index (χ4v) is 3.92. The Morgan fingerprint density at radius 1 is 1.31 bits per heavy atom. The predicted molar refractivity (Wildman–Crippen MR) is 90.3 cm³/mol. The van der Waals surface area contributed by atoms with Gasteiger partial charge >= 0.3 is 0 Å². The van der Waals surface area contributed by atoms with Crippen molar-refractivity contribution in [3.63, 3.8) is 0 Å². The van der Waals surface area contributed by atoms with E-state index >= 15 is 0 Å². The first-order valence-electron chi connectivity index (χ1n) is 9.21. The number of hydrogen-bond donors (Lipinski definition) is 1. The maximum Gasteiger partial charge on any atom is 0.289 e. The van der Waals surface area contributed by atoms with Crippen LogP contribution in [0.1, 0.15) is 43.1 Å². The maximum atomic E-state index is 12.7. The quantitative estimate of drug-likeness (QED) is 0.809. The second-order valence-electron chi connectivity index (χ2n) is 7.70. The molecule has 0 saturated carbocycles. The molecule has 0 aliphatic carbocycles. The third kappa shape index (κ3) is 3.09. The van der Waals surface area contributed by atoms with Crippen molar-refractivity contribution in [2.45, 2.75) is 51.5 Å². The van der Waals surface area contributed by atoms with Crippen molar-refractivity contribution in [1.29, 1.82) is 0 Å². The van der Waals surface area contributed by atoms with Crippen molar-refractivity contribution in [2.24, 2.45) is 5.92 Å². The van der Waals surface area contributed by atoms with E-state index in [4.69, 9.17) is 9.47 Å². The summed E-state index contributed by atoms with van der Waals surface area (Å²) in [4.78, 5) is 26.9. The van der Waals surface area contributed by atoms with Gasteiger partial charge in [-0.25, -0.2) is 0 Å². The van der Waals surface area contributed by atoms with Crippen molar-refractivity contribution in [3.8, 4) is 0 Å². The zero-order valence-electron chi connectivity index (χ0n) is 15.2. The van der Waals surface area contributed by atoms with Gasteiger partial charge in [0.2, 0.25) is 11.7 Å². The van der Waals surface area contributed by atoms with Gasteiger partial charge in [-0.2, -0.15) is 0 Å². The lowest BCUT2D eigenvalue weighted by molar-refractivity contribution is -0.137. The van der Waals surface area contributed by atoms with Crippen LogP contribution in [-0.2, 0) is 27.4 Å². The third-order valence-electron chi connectivity index (χ3n) is 5.31. The zero-order valence-corrected chi connectivity index (χ0v) is 15.2. The number of nitrogens with one attached hydrogen (secondary N) is 1. The highest BCUT2D eigenvalue weighted by molar-refractivity contribution is 5.90. The number of amides is 2. The molecule has 0 radical (unpaired) electrons. The van der Waals surface area contributed by atoms with Gasteiger partial charge in [0.25, 0.3) is 5.91 Å². The van der Waals surface area contributed by atoms with Crippen LogP contribution in [-0.4, -0.2) is 69.4 Å². The smallest absolute Gasteiger partial charge is 0.289 e. The van der Waals surface area contributed by atoms with Crippen molar-refractivity contribution < 1.29 is 19.1 Å². The summed E-state index contributed by atoms with van der Waals surface area (Å²) in [5.41, 5.74) is -0.475. The Kier molecular flexibility index (Phi) is 4.44. The molecule has 2 saturated heterocycles. The fourth-order valence-electron chi connectivity index (χ4n) is 3.92. The lowest BCUT2D eigenvalue weighted by Gasteiger charge is -2.34. The van der Waals surface area contributed by atoms with Crippen LogP contribution >= 0.6 is 0 Å². The number of hydrogen-bond acceptors (Lipinski definition) is 6. The molecule has 1 spiro atoms. The molecular weight excluding hydrogens is 338 g/mol. The van der Waals surface area contributed by atoms with Crippen molar-refractivity contribution >= 4 is 11.8 Å². The van der Waals surface area contributed by atoms with E-state index < -0.39 is 5.60 Å². The van der Waals surface area contributed by atoms with E-state index in [0.717, 1.165) is 12.8 Å². The average molecular weight is 363 g/mol. The Balaban J connectivity index is 1.48. The molecule has 1 N–H and O–H groups in total. The molecule has 9 nitrogen and oxygen atoms in total. The Hall–Kier alpha value is -2.00. The highest BCUT2D eigenvalue weighted by atomic mass is 16.5. The van der Waals surface area contributed by atoms with Gasteiger partial charge in [0.05, 0.1) is 25.6 Å². The van der Waals surface area contributed by atoms with Gasteiger partial charge < -0.3 is 24.3 Å². The van der Waals surface area contributed by atoms with Crippen molar-refractivity contribution in [1.82, 2.24) is 25.0 Å². The molecule has 26 heavy (non-hydrogen) atoms. The largest absolute Gasteiger partial charge is 0.381 e. The number of likely N-dealkylation sites (tertiary alicyclic amines) is 1. The summed E-state index contributed by atoms with van der Waals surface area (Å²) >= 11 is 0. The van der Waals surface area contributed by atoms with Crippen molar-refractivity contribution in [3.05, 3.63) is 11.6 Å². The Bertz CT molecular complexity index is 712. The van der Waals surface area contributed by atoms with Gasteiger partial charge in [-0.15, -0.1) is 10.2 Å². The maximum absolute atomic E-state index is 12.7. The van der Waals surface area contributed by atoms with Gasteiger partial charge in [-0.1, -0.05) is 0 Å². The van der Waals surface area contributed by atoms with Gasteiger partial charge in [-0.05, 0) is 26.7 Å². The van der Waals surface area contributed by atoms with Gasteiger partial charge in [0.1, 0.15) is 12.2 Å². The number of aromatic nitrogens is 3. The van der Waals surface area contributed by atoms with Crippen LogP contribution in [0, 0.1) is 5.92 Å². The summed E-state index contributed by atoms with van der Waals surface area (Å²) in [6, 6.07) is 0.0254. The first-order valence-corrected chi connectivity index (χ1v) is 9.21. The number of carbonyl (C=O) groups is 2. The minimum absolute atomic E-state index is 0.0254. The van der Waals surface area contributed by atoms with Crippen LogP contribution < -0.4 is 5.32 Å². The van der Waals surface area contributed by atoms with Gasteiger partial charge in [0, 0.05) is 19.2 Å². The van der Waals surface area contributed by atoms with Crippen LogP contribution in [0.3, 0.4) is 0 Å². The molecule has 2 fully saturated rings. The van der Waals surface area contributed by atoms with E-state index in [1.807, 2.05) is 23.3 Å². The molecule has 3 aliphatic heterocycles. The first-order chi connectivity index (χ1) is 12.5. The first kappa shape index (κ1) is 17.4. The van der Waals surface area contributed by atoms with E-state index in [9.17, 15) is 9.59 Å². The van der Waals surface area contributed by atoms with Crippen LogP contribution in [0.15, 0.2) is 0 Å². The minimum Gasteiger partial charge on any atom is -0.381 e. The zero-order chi connectivity index (χ0) is 18.3. The second-order valence-corrected chi connectivity index (χ2v) is 7.70. The summed E-state index contributed by atoms with van der Waals surface area (Å²) in [6.07, 6.45) is 1.54. The standard InChI is InChI=1S/C17H25N5O4/c1-11(2)18-15(23)14-20-19-13-8-26-17(10-22(13)14)4-5-21(9-17)16(24)12-3-6-25-7-12/h11-12H,3-10H2,1-2H3,(H,18,23). The molecule has 9 heteroatoms. The minimum atomic E-state index is -0.475. The Morgan fingerprint density at radius 2 is 2.15 bits per heavy atom. The number of carbonyl (C=O) groups excluding carboxylic acids is 2. The van der Waals surface area contributed by atoms with E-state index in [-0.39, 0.29) is 23.8 Å². The number of ether oxygens (including phenoxy) is 2. The predicted octanol–water partition coefficient (Wildman–Crippen LogP) is -0.0459. The van der Waals surface area contributed by atoms with Crippen LogP contribution in [0.25, 0.3) is 0 Å². The topological polar surface area (TPSA) is 98.6 Å². The summed E-state index contributed by atoms with van der Waals surface area (Å²) in [6.45, 7) is 6.97. The lowest BCUT2D eigenvalue weighted by atomic mass is 10.0. The molecule has 4 rings (SSSR count). The van der Waals surface area contributed by atoms with Crippen LogP contribution in [0.4, 0.5) is 0 Å². The Morgan fingerprint density at radius 3 is 2.88 bits per heavy atom. The molecule has 142 valence electrons. The van der Waals surface area contributed by atoms with Crippen molar-refractivity contribution in [2.75, 3.05) is 26.3 Å². The summed E-state index contributed by atoms with van der Waals surface area (Å²) in [7, 11) is 0. The number of rotatable bonds is 3. The van der Waals surface area contributed by atoms with Crippen LogP contribution in [0.5, 0.6) is 0 Å². The molecule has 2 unspecified atom stereocenters. The highest BCUT2D eigenvalue weighted by Crippen LogP contribution is 2.33. The van der Waals surface area contributed by atoms with E-state index in [2.05, 4.69) is 15.5 Å². The molecule has 1 aromatic rings. The fraction of sp³-hybridized carbons (Fsp3) is 0.765. The van der Waals surface area contributed by atoms with Crippen LogP contribution in [0.2, 0.25) is 0 Å². The van der Waals surface area contributed by atoms with E-state index in [1.54, 1.807) is 0 Å². The Labute approximate surface area is 152 Å². The van der Waals surface area contributed by atoms with E-state index in [0.29, 0.717) is 51.1 Å². The highest BCUT2D eigenvalue weighted by Gasteiger charge is 2.46. The summed E-state index contributed by atoms with van der Waals surface area (Å²) < 4.78 is 13.3. The summed E-state index contributed by atoms with van der Waals surface area (Å²) in [5, 5.41) is 11.0. The van der Waals surface area contributed by atoms with Gasteiger partial charge in [0.15, 0.2) is 5.82 Å². The number of fused-ring (bicyclic) bond motifs is 1. The third-order valence-corrected chi connectivity index (χ3v) is 5.31. The summed E-state index contributed by atoms with van der Waals surface area (Å²) in [5.74, 6) is 0.843. The average Bonchev–Trinajstić information content (AvgIpc) is 3.33. The lowest BCUT2D eigenvalue weighted by Crippen LogP contribution is -2.46. The molecule has 0 aromatic carbocycles. The molecule has 2 atom stereocenters. The molecule has 4 heterocycles. The molecule has 3 aliphatic rings. The monoisotopic (exact) mass is 363 g/mol. The molecule has 0 bridgehead atoms.